The fraction of sp³-hybridized carbons (Fsp3) is 0.526. The van der Waals surface area contributed by atoms with E-state index in [0.29, 0.717) is 5.04 Å². The van der Waals surface area contributed by atoms with Gasteiger partial charge in [-0.1, -0.05) is 65.4 Å². The number of aromatic nitrogens is 1. The number of aryl methyl sites for hydroxylation is 1. The van der Waals surface area contributed by atoms with E-state index in [0.717, 1.165) is 11.9 Å². The van der Waals surface area contributed by atoms with Crippen LogP contribution in [0.4, 0.5) is 5.69 Å². The Balaban J connectivity index is 2.41. The highest BCUT2D eigenvalue weighted by Gasteiger charge is 2.36. The van der Waals surface area contributed by atoms with Crippen LogP contribution in [0.25, 0.3) is 10.9 Å². The zero-order valence-electron chi connectivity index (χ0n) is 15.0. The SMILES string of the molecule is CCCCc1ccc2cccc(N[Si](C)(C)C(C)(C)C)c2n1. The molecule has 120 valence electrons. The molecule has 2 nitrogen and oxygen atoms in total. The molecule has 0 radical (unpaired) electrons. The summed E-state index contributed by atoms with van der Waals surface area (Å²) in [5.74, 6) is 0. The topological polar surface area (TPSA) is 24.9 Å². The first-order valence-corrected chi connectivity index (χ1v) is 11.4. The summed E-state index contributed by atoms with van der Waals surface area (Å²) in [6.45, 7) is 14.0. The van der Waals surface area contributed by atoms with E-state index in [1.807, 2.05) is 0 Å². The summed E-state index contributed by atoms with van der Waals surface area (Å²) in [5, 5.41) is 1.53. The summed E-state index contributed by atoms with van der Waals surface area (Å²) in [6, 6.07) is 10.9. The largest absolute Gasteiger partial charge is 0.408 e. The highest BCUT2D eigenvalue weighted by Crippen LogP contribution is 2.37. The van der Waals surface area contributed by atoms with Crippen LogP contribution in [-0.2, 0) is 6.42 Å². The molecule has 1 heterocycles. The number of para-hydroxylation sites is 1. The quantitative estimate of drug-likeness (QED) is 0.685. The Hall–Kier alpha value is -1.35. The lowest BCUT2D eigenvalue weighted by atomic mass is 10.1. The Bertz CT molecular complexity index is 641. The van der Waals surface area contributed by atoms with Crippen LogP contribution in [0.2, 0.25) is 18.1 Å². The fourth-order valence-corrected chi connectivity index (χ4v) is 3.56. The van der Waals surface area contributed by atoms with Gasteiger partial charge in [-0.15, -0.1) is 0 Å². The van der Waals surface area contributed by atoms with E-state index in [-0.39, 0.29) is 0 Å². The van der Waals surface area contributed by atoms with Gasteiger partial charge in [-0.25, -0.2) is 0 Å². The van der Waals surface area contributed by atoms with Crippen molar-refractivity contribution in [2.75, 3.05) is 4.98 Å². The van der Waals surface area contributed by atoms with Gasteiger partial charge in [0.25, 0.3) is 0 Å². The first-order chi connectivity index (χ1) is 10.2. The molecular weight excluding hydrogens is 284 g/mol. The Morgan fingerprint density at radius 3 is 2.45 bits per heavy atom. The van der Waals surface area contributed by atoms with Crippen LogP contribution in [-0.4, -0.2) is 13.2 Å². The summed E-state index contributed by atoms with van der Waals surface area (Å²) in [6.07, 6.45) is 3.49. The van der Waals surface area contributed by atoms with Crippen LogP contribution in [0.15, 0.2) is 30.3 Å². The molecule has 0 bridgehead atoms. The van der Waals surface area contributed by atoms with Gasteiger partial charge < -0.3 is 4.98 Å². The van der Waals surface area contributed by atoms with Gasteiger partial charge in [-0.05, 0) is 30.0 Å². The minimum absolute atomic E-state index is 0.301. The molecule has 0 fully saturated rings. The maximum atomic E-state index is 4.94. The molecule has 0 unspecified atom stereocenters. The maximum absolute atomic E-state index is 4.94. The lowest BCUT2D eigenvalue weighted by Crippen LogP contribution is -2.45. The normalized spacial score (nSPS) is 12.6. The molecule has 3 heteroatoms. The van der Waals surface area contributed by atoms with Gasteiger partial charge in [0.1, 0.15) is 0 Å². The number of rotatable bonds is 5. The summed E-state index contributed by atoms with van der Waals surface area (Å²) in [4.78, 5) is 8.80. The molecule has 1 aromatic heterocycles. The summed E-state index contributed by atoms with van der Waals surface area (Å²) in [7, 11) is -1.60. The third kappa shape index (κ3) is 3.69. The molecule has 1 N–H and O–H groups in total. The number of hydrogen-bond acceptors (Lipinski definition) is 2. The van der Waals surface area contributed by atoms with E-state index >= 15 is 0 Å². The standard InChI is InChI=1S/C19H30N2Si/c1-7-8-11-16-14-13-15-10-9-12-17(18(15)20-16)21-22(5,6)19(2,3)4/h9-10,12-14,21H,7-8,11H2,1-6H3. The highest BCUT2D eigenvalue weighted by atomic mass is 28.3. The second kappa shape index (κ2) is 6.41. The number of benzene rings is 1. The summed E-state index contributed by atoms with van der Waals surface area (Å²) >= 11 is 0. The molecule has 0 saturated heterocycles. The van der Waals surface area contributed by atoms with Gasteiger partial charge in [0.15, 0.2) is 8.24 Å². The van der Waals surface area contributed by atoms with Crippen LogP contribution < -0.4 is 4.98 Å². The monoisotopic (exact) mass is 314 g/mol. The number of hydrogen-bond donors (Lipinski definition) is 1. The molecule has 1 aromatic carbocycles. The van der Waals surface area contributed by atoms with Gasteiger partial charge in [0.05, 0.1) is 11.2 Å². The minimum Gasteiger partial charge on any atom is -0.408 e. The molecule has 0 saturated carbocycles. The number of pyridine rings is 1. The lowest BCUT2D eigenvalue weighted by molar-refractivity contribution is 0.723. The zero-order valence-corrected chi connectivity index (χ0v) is 16.0. The molecular formula is C19H30N2Si. The van der Waals surface area contributed by atoms with Gasteiger partial charge in [-0.3, -0.25) is 4.98 Å². The Morgan fingerprint density at radius 1 is 1.09 bits per heavy atom. The number of fused-ring (bicyclic) bond motifs is 1. The van der Waals surface area contributed by atoms with Crippen LogP contribution >= 0.6 is 0 Å². The smallest absolute Gasteiger partial charge is 0.152 e. The van der Waals surface area contributed by atoms with Crippen LogP contribution in [0, 0.1) is 0 Å². The molecule has 22 heavy (non-hydrogen) atoms. The van der Waals surface area contributed by atoms with Crippen molar-refractivity contribution >= 4 is 24.8 Å². The second-order valence-corrected chi connectivity index (χ2v) is 12.8. The van der Waals surface area contributed by atoms with E-state index in [1.165, 1.54) is 29.6 Å². The van der Waals surface area contributed by atoms with Crippen molar-refractivity contribution in [2.24, 2.45) is 0 Å². The maximum Gasteiger partial charge on any atom is 0.152 e. The van der Waals surface area contributed by atoms with Crippen molar-refractivity contribution in [3.8, 4) is 0 Å². The molecule has 0 atom stereocenters. The summed E-state index contributed by atoms with van der Waals surface area (Å²) < 4.78 is 0. The van der Waals surface area contributed by atoms with Gasteiger partial charge >= 0.3 is 0 Å². The van der Waals surface area contributed by atoms with E-state index in [1.54, 1.807) is 0 Å². The van der Waals surface area contributed by atoms with Crippen molar-refractivity contribution in [2.45, 2.75) is 65.1 Å². The first kappa shape index (κ1) is 17.0. The Morgan fingerprint density at radius 2 is 1.82 bits per heavy atom. The van der Waals surface area contributed by atoms with E-state index in [2.05, 4.69) is 76.1 Å². The molecule has 2 rings (SSSR count). The third-order valence-electron chi connectivity index (χ3n) is 4.89. The minimum atomic E-state index is -1.60. The van der Waals surface area contributed by atoms with Crippen LogP contribution in [0.1, 0.15) is 46.2 Å². The second-order valence-electron chi connectivity index (χ2n) is 7.78. The number of nitrogens with zero attached hydrogens (tertiary/aromatic N) is 1. The van der Waals surface area contributed by atoms with Gasteiger partial charge in [0, 0.05) is 11.1 Å². The lowest BCUT2D eigenvalue weighted by Gasteiger charge is -2.38. The third-order valence-corrected chi connectivity index (χ3v) is 9.53. The van der Waals surface area contributed by atoms with Crippen molar-refractivity contribution in [1.82, 2.24) is 4.98 Å². The van der Waals surface area contributed by atoms with Crippen molar-refractivity contribution in [3.05, 3.63) is 36.0 Å². The van der Waals surface area contributed by atoms with Crippen LogP contribution in [0.5, 0.6) is 0 Å². The van der Waals surface area contributed by atoms with Gasteiger partial charge in [-0.2, -0.15) is 0 Å². The van der Waals surface area contributed by atoms with E-state index in [4.69, 9.17) is 4.98 Å². The van der Waals surface area contributed by atoms with Crippen molar-refractivity contribution in [3.63, 3.8) is 0 Å². The number of anilines is 1. The number of unbranched alkanes of at least 4 members (excludes halogenated alkanes) is 1. The molecule has 0 aliphatic rings. The van der Waals surface area contributed by atoms with Crippen LogP contribution in [0.3, 0.4) is 0 Å². The molecule has 0 amide bonds. The molecule has 0 aliphatic carbocycles. The van der Waals surface area contributed by atoms with Gasteiger partial charge in [0.2, 0.25) is 0 Å². The first-order valence-electron chi connectivity index (χ1n) is 8.41. The average Bonchev–Trinajstić information content (AvgIpc) is 2.44. The van der Waals surface area contributed by atoms with Crippen molar-refractivity contribution < 1.29 is 0 Å². The molecule has 0 spiro atoms. The number of nitrogens with one attached hydrogen (secondary N) is 1. The predicted octanol–water partition coefficient (Wildman–Crippen LogP) is 5.99. The zero-order chi connectivity index (χ0) is 16.4. The highest BCUT2D eigenvalue weighted by molar-refractivity contribution is 6.83. The predicted molar refractivity (Wildman–Crippen MR) is 101 cm³/mol. The van der Waals surface area contributed by atoms with E-state index in [9.17, 15) is 0 Å². The fourth-order valence-electron chi connectivity index (χ4n) is 2.31. The molecule has 0 aliphatic heterocycles. The Kier molecular flexibility index (Phi) is 4.96. The van der Waals surface area contributed by atoms with Crippen molar-refractivity contribution in [1.29, 1.82) is 0 Å². The summed E-state index contributed by atoms with van der Waals surface area (Å²) in [5.41, 5.74) is 3.53. The molecule has 2 aromatic rings. The average molecular weight is 315 g/mol. The van der Waals surface area contributed by atoms with E-state index < -0.39 is 8.24 Å². The Labute approximate surface area is 136 Å².